The van der Waals surface area contributed by atoms with Gasteiger partial charge >= 0.3 is 0 Å². The summed E-state index contributed by atoms with van der Waals surface area (Å²) in [7, 11) is -0.170. The molecule has 0 spiro atoms. The highest BCUT2D eigenvalue weighted by Gasteiger charge is 2.36. The second kappa shape index (κ2) is 11.1. The second-order valence-corrected chi connectivity index (χ2v) is 17.0. The maximum atomic E-state index is 11.8. The number of pyridine rings is 1. The molecule has 0 radical (unpaired) electrons. The number of aryl methyl sites for hydroxylation is 2. The van der Waals surface area contributed by atoms with Crippen molar-refractivity contribution in [1.82, 2.24) is 4.98 Å². The number of benzene rings is 1. The Bertz CT molecular complexity index is 1150. The van der Waals surface area contributed by atoms with Crippen LogP contribution in [0, 0.1) is 31.6 Å². The molecule has 1 saturated carbocycles. The lowest BCUT2D eigenvalue weighted by molar-refractivity contribution is 0.216. The molecule has 196 valence electrons. The van der Waals surface area contributed by atoms with E-state index in [9.17, 15) is 5.11 Å². The van der Waals surface area contributed by atoms with Gasteiger partial charge in [0, 0.05) is 16.8 Å². The van der Waals surface area contributed by atoms with Crippen molar-refractivity contribution >= 4 is 8.32 Å². The van der Waals surface area contributed by atoms with Gasteiger partial charge in [0.25, 0.3) is 0 Å². The number of aromatic nitrogens is 1. The lowest BCUT2D eigenvalue weighted by atomic mass is 9.85. The Kier molecular flexibility index (Phi) is 8.76. The minimum Gasteiger partial charge on any atom is -0.481 e. The molecule has 0 saturated heterocycles. The zero-order valence-corrected chi connectivity index (χ0v) is 25.0. The summed E-state index contributed by atoms with van der Waals surface area (Å²) in [6, 6.07) is 6.15. The van der Waals surface area contributed by atoms with E-state index in [-0.39, 0.29) is 11.0 Å². The van der Waals surface area contributed by atoms with E-state index in [0.29, 0.717) is 18.4 Å². The summed E-state index contributed by atoms with van der Waals surface area (Å²) in [6.45, 7) is 20.0. The maximum Gasteiger partial charge on any atom is 0.217 e. The van der Waals surface area contributed by atoms with E-state index in [1.807, 2.05) is 13.0 Å². The van der Waals surface area contributed by atoms with E-state index >= 15 is 0 Å². The first-order valence-electron chi connectivity index (χ1n) is 13.2. The van der Waals surface area contributed by atoms with Crippen LogP contribution in [-0.4, -0.2) is 32.1 Å². The number of aliphatic hydroxyl groups excluding tert-OH is 1. The predicted molar refractivity (Wildman–Crippen MR) is 151 cm³/mol. The van der Waals surface area contributed by atoms with Crippen molar-refractivity contribution in [2.45, 2.75) is 97.9 Å². The third kappa shape index (κ3) is 6.59. The minimum absolute atomic E-state index is 0.158. The summed E-state index contributed by atoms with van der Waals surface area (Å²) >= 11 is 0. The molecule has 36 heavy (non-hydrogen) atoms. The SMILES string of the molecule is COc1nc(C)c(CC2CC2)c(C(O)c2cc(C)cc(C#CCO[Si](C)(C)C(C)(C)C)c2)c1C(C)C. The number of methoxy groups -OCH3 is 1. The third-order valence-corrected chi connectivity index (χ3v) is 12.2. The molecule has 0 aliphatic heterocycles. The average molecular weight is 508 g/mol. The Morgan fingerprint density at radius 1 is 1.11 bits per heavy atom. The Morgan fingerprint density at radius 3 is 2.33 bits per heavy atom. The Hall–Kier alpha value is -2.13. The molecular weight excluding hydrogens is 462 g/mol. The molecule has 1 N–H and O–H groups in total. The van der Waals surface area contributed by atoms with Crippen LogP contribution in [0.2, 0.25) is 18.1 Å². The van der Waals surface area contributed by atoms with Gasteiger partial charge < -0.3 is 14.3 Å². The van der Waals surface area contributed by atoms with Crippen LogP contribution in [0.4, 0.5) is 0 Å². The lowest BCUT2D eigenvalue weighted by Gasteiger charge is -2.35. The first-order chi connectivity index (χ1) is 16.7. The van der Waals surface area contributed by atoms with Gasteiger partial charge in [-0.2, -0.15) is 0 Å². The number of rotatable bonds is 8. The molecule has 1 unspecified atom stereocenters. The highest BCUT2D eigenvalue weighted by Crippen LogP contribution is 2.42. The van der Waals surface area contributed by atoms with Gasteiger partial charge in [0.2, 0.25) is 5.88 Å². The molecule has 1 aromatic carbocycles. The van der Waals surface area contributed by atoms with Crippen molar-refractivity contribution in [1.29, 1.82) is 0 Å². The molecule has 4 nitrogen and oxygen atoms in total. The van der Waals surface area contributed by atoms with Crippen LogP contribution < -0.4 is 4.74 Å². The molecule has 1 aromatic heterocycles. The Morgan fingerprint density at radius 2 is 1.78 bits per heavy atom. The molecule has 1 fully saturated rings. The van der Waals surface area contributed by atoms with E-state index in [0.717, 1.165) is 39.9 Å². The van der Waals surface area contributed by atoms with Crippen molar-refractivity contribution in [3.8, 4) is 17.7 Å². The molecule has 1 heterocycles. The minimum atomic E-state index is -1.83. The van der Waals surface area contributed by atoms with Crippen LogP contribution in [0.5, 0.6) is 5.88 Å². The highest BCUT2D eigenvalue weighted by molar-refractivity contribution is 6.74. The van der Waals surface area contributed by atoms with E-state index in [1.165, 1.54) is 18.4 Å². The number of hydrogen-bond acceptors (Lipinski definition) is 4. The molecule has 3 rings (SSSR count). The highest BCUT2D eigenvalue weighted by atomic mass is 28.4. The zero-order valence-electron chi connectivity index (χ0n) is 24.0. The molecule has 0 bridgehead atoms. The topological polar surface area (TPSA) is 51.6 Å². The second-order valence-electron chi connectivity index (χ2n) is 12.2. The summed E-state index contributed by atoms with van der Waals surface area (Å²) < 4.78 is 11.9. The molecule has 0 amide bonds. The number of ether oxygens (including phenoxy) is 1. The fraction of sp³-hybridized carbons (Fsp3) is 0.581. The summed E-state index contributed by atoms with van der Waals surface area (Å²) in [5.74, 6) is 7.98. The Balaban J connectivity index is 1.99. The zero-order chi connectivity index (χ0) is 26.8. The van der Waals surface area contributed by atoms with E-state index in [1.54, 1.807) is 7.11 Å². The molecule has 1 atom stereocenters. The Labute approximate surface area is 220 Å². The van der Waals surface area contributed by atoms with Gasteiger partial charge in [0.15, 0.2) is 8.32 Å². The lowest BCUT2D eigenvalue weighted by Crippen LogP contribution is -2.40. The summed E-state index contributed by atoms with van der Waals surface area (Å²) in [4.78, 5) is 4.79. The molecule has 1 aliphatic rings. The first-order valence-corrected chi connectivity index (χ1v) is 16.2. The molecule has 5 heteroatoms. The molecule has 2 aromatic rings. The van der Waals surface area contributed by atoms with Crippen molar-refractivity contribution in [2.24, 2.45) is 5.92 Å². The van der Waals surface area contributed by atoms with Gasteiger partial charge in [0.1, 0.15) is 6.10 Å². The number of nitrogens with zero attached hydrogens (tertiary/aromatic N) is 1. The van der Waals surface area contributed by atoms with Crippen LogP contribution in [0.1, 0.15) is 98.6 Å². The fourth-order valence-electron chi connectivity index (χ4n) is 4.43. The van der Waals surface area contributed by atoms with Crippen LogP contribution in [-0.2, 0) is 10.8 Å². The standard InChI is InChI=1S/C31H45NO3Si/c1-20(2)27-28(26(19-23-13-14-23)22(4)32-30(27)34-8)29(33)25-17-21(3)16-24(18-25)12-11-15-35-36(9,10)31(5,6)7/h16-18,20,23,29,33H,13-15,19H2,1-10H3. The van der Waals surface area contributed by atoms with Crippen molar-refractivity contribution < 1.29 is 14.3 Å². The number of hydrogen-bond donors (Lipinski definition) is 1. The van der Waals surface area contributed by atoms with Gasteiger partial charge in [-0.3, -0.25) is 0 Å². The van der Waals surface area contributed by atoms with E-state index in [2.05, 4.69) is 78.6 Å². The monoisotopic (exact) mass is 507 g/mol. The smallest absolute Gasteiger partial charge is 0.217 e. The van der Waals surface area contributed by atoms with Crippen LogP contribution in [0.15, 0.2) is 18.2 Å². The average Bonchev–Trinajstić information content (AvgIpc) is 3.60. The largest absolute Gasteiger partial charge is 0.481 e. The van der Waals surface area contributed by atoms with Crippen LogP contribution in [0.25, 0.3) is 0 Å². The van der Waals surface area contributed by atoms with Crippen LogP contribution >= 0.6 is 0 Å². The first kappa shape index (κ1) is 28.4. The summed E-state index contributed by atoms with van der Waals surface area (Å²) in [5, 5.41) is 12.0. The van der Waals surface area contributed by atoms with Crippen LogP contribution in [0.3, 0.4) is 0 Å². The van der Waals surface area contributed by atoms with Gasteiger partial charge in [-0.25, -0.2) is 4.98 Å². The fourth-order valence-corrected chi connectivity index (χ4v) is 5.29. The van der Waals surface area contributed by atoms with E-state index < -0.39 is 14.4 Å². The maximum absolute atomic E-state index is 11.8. The summed E-state index contributed by atoms with van der Waals surface area (Å²) in [6.07, 6.45) is 2.69. The number of aliphatic hydroxyl groups is 1. The van der Waals surface area contributed by atoms with E-state index in [4.69, 9.17) is 14.1 Å². The van der Waals surface area contributed by atoms with Crippen molar-refractivity contribution in [3.63, 3.8) is 0 Å². The van der Waals surface area contributed by atoms with Crippen molar-refractivity contribution in [2.75, 3.05) is 13.7 Å². The molecular formula is C31H45NO3Si. The van der Waals surface area contributed by atoms with Crippen molar-refractivity contribution in [3.05, 3.63) is 57.3 Å². The quantitative estimate of drug-likeness (QED) is 0.302. The van der Waals surface area contributed by atoms with Gasteiger partial charge in [-0.05, 0) is 97.5 Å². The normalized spacial score (nSPS) is 15.0. The predicted octanol–water partition coefficient (Wildman–Crippen LogP) is 7.24. The van der Waals surface area contributed by atoms with Gasteiger partial charge in [-0.1, -0.05) is 52.5 Å². The molecule has 1 aliphatic carbocycles. The van der Waals surface area contributed by atoms with Gasteiger partial charge in [-0.15, -0.1) is 0 Å². The van der Waals surface area contributed by atoms with Gasteiger partial charge in [0.05, 0.1) is 13.7 Å². The third-order valence-electron chi connectivity index (χ3n) is 7.75. The summed E-state index contributed by atoms with van der Waals surface area (Å²) in [5.41, 5.74) is 6.93.